The van der Waals surface area contributed by atoms with Gasteiger partial charge >= 0.3 is 0 Å². The van der Waals surface area contributed by atoms with Crippen LogP contribution in [-0.4, -0.2) is 18.1 Å². The van der Waals surface area contributed by atoms with Crippen LogP contribution < -0.4 is 15.2 Å². The largest absolute Gasteiger partial charge is 0.495 e. The minimum atomic E-state index is -0.152. The van der Waals surface area contributed by atoms with Crippen LogP contribution in [-0.2, 0) is 4.79 Å². The summed E-state index contributed by atoms with van der Waals surface area (Å²) in [5, 5.41) is 1.64. The number of carbonyl (C=O) groups excluding carboxylic acids is 1. The van der Waals surface area contributed by atoms with Gasteiger partial charge in [0, 0.05) is 17.2 Å². The molecule has 0 amide bonds. The van der Waals surface area contributed by atoms with Crippen LogP contribution in [0.2, 0.25) is 0 Å². The van der Waals surface area contributed by atoms with E-state index in [1.54, 1.807) is 13.2 Å². The molecule has 1 aliphatic heterocycles. The van der Waals surface area contributed by atoms with Gasteiger partial charge in [-0.15, -0.1) is 5.73 Å². The summed E-state index contributed by atoms with van der Waals surface area (Å²) in [6, 6.07) is 5.46. The average molecular weight is 276 g/mol. The molecule has 0 bridgehead atoms. The molecular formula is C15H14ClNO2. The lowest BCUT2D eigenvalue weighted by Gasteiger charge is -2.06. The standard InChI is InChI=1S/C15H14ClNO2/c1-9(2)15(18)14-11-5-4-6-12(19-3)10(11)7-8-13(16)17-14/h4-6,8-9H,1-3H3. The van der Waals surface area contributed by atoms with Gasteiger partial charge in [-0.3, -0.25) is 4.79 Å². The quantitative estimate of drug-likeness (QED) is 0.841. The van der Waals surface area contributed by atoms with Gasteiger partial charge in [-0.05, 0) is 6.07 Å². The Balaban J connectivity index is 2.92. The summed E-state index contributed by atoms with van der Waals surface area (Å²) in [4.78, 5) is 16.5. The van der Waals surface area contributed by atoms with Crippen molar-refractivity contribution in [3.8, 4) is 5.75 Å². The topological polar surface area (TPSA) is 38.7 Å². The molecule has 0 radical (unpaired) electrons. The highest BCUT2D eigenvalue weighted by molar-refractivity contribution is 6.69. The lowest BCUT2D eigenvalue weighted by molar-refractivity contribution is -0.116. The van der Waals surface area contributed by atoms with Gasteiger partial charge < -0.3 is 4.74 Å². The van der Waals surface area contributed by atoms with E-state index in [9.17, 15) is 4.79 Å². The van der Waals surface area contributed by atoms with Crippen molar-refractivity contribution in [2.24, 2.45) is 10.9 Å². The van der Waals surface area contributed by atoms with E-state index in [-0.39, 0.29) is 16.9 Å². The number of fused-ring (bicyclic) bond motifs is 1. The molecule has 0 aromatic heterocycles. The lowest BCUT2D eigenvalue weighted by Crippen LogP contribution is -2.30. The molecule has 1 heterocycles. The summed E-state index contributed by atoms with van der Waals surface area (Å²) in [6.07, 6.45) is 1.55. The molecule has 98 valence electrons. The fourth-order valence-electron chi connectivity index (χ4n) is 1.84. The summed E-state index contributed by atoms with van der Waals surface area (Å²) in [5.74, 6) is 0.439. The second-order valence-electron chi connectivity index (χ2n) is 4.47. The van der Waals surface area contributed by atoms with Crippen molar-refractivity contribution in [1.29, 1.82) is 0 Å². The van der Waals surface area contributed by atoms with Crippen LogP contribution in [0.1, 0.15) is 13.8 Å². The fourth-order valence-corrected chi connectivity index (χ4v) is 1.98. The maximum atomic E-state index is 12.3. The Hall–Kier alpha value is -1.83. The number of benzene rings is 1. The second kappa shape index (κ2) is 5.43. The Bertz CT molecular complexity index is 710. The molecule has 0 saturated heterocycles. The third-order valence-electron chi connectivity index (χ3n) is 2.81. The molecule has 0 unspecified atom stereocenters. The molecule has 1 aromatic carbocycles. The van der Waals surface area contributed by atoms with E-state index in [4.69, 9.17) is 16.3 Å². The highest BCUT2D eigenvalue weighted by Crippen LogP contribution is 2.11. The molecular weight excluding hydrogens is 262 g/mol. The number of Topliss-reactive ketones (excluding diaryl/α,β-unsaturated/α-hetero) is 1. The van der Waals surface area contributed by atoms with E-state index in [0.29, 0.717) is 21.9 Å². The van der Waals surface area contributed by atoms with Gasteiger partial charge in [0.15, 0.2) is 5.78 Å². The van der Waals surface area contributed by atoms with E-state index in [0.717, 1.165) is 0 Å². The number of halogens is 1. The van der Waals surface area contributed by atoms with Gasteiger partial charge in [-0.2, -0.15) is 0 Å². The zero-order valence-electron chi connectivity index (χ0n) is 11.0. The van der Waals surface area contributed by atoms with E-state index < -0.39 is 0 Å². The Morgan fingerprint density at radius 3 is 2.79 bits per heavy atom. The van der Waals surface area contributed by atoms with Gasteiger partial charge in [0.25, 0.3) is 0 Å². The Labute approximate surface area is 116 Å². The normalized spacial score (nSPS) is 13.5. The first-order chi connectivity index (χ1) is 9.04. The van der Waals surface area contributed by atoms with Crippen molar-refractivity contribution in [3.05, 3.63) is 34.7 Å². The van der Waals surface area contributed by atoms with Crippen molar-refractivity contribution < 1.29 is 9.53 Å². The van der Waals surface area contributed by atoms with Crippen molar-refractivity contribution in [1.82, 2.24) is 0 Å². The van der Waals surface area contributed by atoms with Crippen LogP contribution in [0.3, 0.4) is 0 Å². The highest BCUT2D eigenvalue weighted by Gasteiger charge is 2.16. The minimum Gasteiger partial charge on any atom is -0.495 e. The number of carbonyl (C=O) groups is 1. The third kappa shape index (κ3) is 2.62. The predicted molar refractivity (Wildman–Crippen MR) is 76.8 cm³/mol. The number of allylic oxidation sites excluding steroid dienone is 1. The maximum Gasteiger partial charge on any atom is 0.184 e. The van der Waals surface area contributed by atoms with Gasteiger partial charge in [0.1, 0.15) is 16.6 Å². The number of rotatable bonds is 3. The molecule has 1 aromatic rings. The number of hydrogen-bond acceptors (Lipinski definition) is 3. The van der Waals surface area contributed by atoms with E-state index in [2.05, 4.69) is 10.7 Å². The first-order valence-corrected chi connectivity index (χ1v) is 6.35. The molecule has 0 aliphatic carbocycles. The van der Waals surface area contributed by atoms with Crippen LogP contribution in [0.15, 0.2) is 29.3 Å². The molecule has 4 heteroatoms. The molecule has 3 nitrogen and oxygen atoms in total. The van der Waals surface area contributed by atoms with Crippen LogP contribution in [0, 0.1) is 5.92 Å². The summed E-state index contributed by atoms with van der Waals surface area (Å²) in [7, 11) is 1.58. The number of methoxy groups -OCH3 is 1. The first kappa shape index (κ1) is 13.6. The predicted octanol–water partition coefficient (Wildman–Crippen LogP) is 1.61. The van der Waals surface area contributed by atoms with Gasteiger partial charge in [0.2, 0.25) is 0 Å². The van der Waals surface area contributed by atoms with Crippen LogP contribution in [0.5, 0.6) is 5.75 Å². The Kier molecular flexibility index (Phi) is 3.89. The molecule has 0 saturated carbocycles. The highest BCUT2D eigenvalue weighted by atomic mass is 35.5. The number of ether oxygens (including phenoxy) is 1. The van der Waals surface area contributed by atoms with Gasteiger partial charge in [-0.25, -0.2) is 4.99 Å². The minimum absolute atomic E-state index is 0.0512. The Morgan fingerprint density at radius 2 is 2.16 bits per heavy atom. The SMILES string of the molecule is COc1cccc2c1=C=CC(Cl)=NC=2C(=O)C(C)C. The second-order valence-corrected chi connectivity index (χ2v) is 4.86. The van der Waals surface area contributed by atoms with Crippen molar-refractivity contribution in [2.45, 2.75) is 13.8 Å². The third-order valence-corrected chi connectivity index (χ3v) is 3.01. The lowest BCUT2D eigenvalue weighted by atomic mass is 10.0. The van der Waals surface area contributed by atoms with Crippen molar-refractivity contribution in [2.75, 3.05) is 7.11 Å². The van der Waals surface area contributed by atoms with Crippen LogP contribution in [0.4, 0.5) is 0 Å². The molecule has 1 aliphatic rings. The zero-order chi connectivity index (χ0) is 14.0. The summed E-state index contributed by atoms with van der Waals surface area (Å²) >= 11 is 5.97. The summed E-state index contributed by atoms with van der Waals surface area (Å²) in [5.41, 5.74) is 3.39. The first-order valence-electron chi connectivity index (χ1n) is 5.97. The monoisotopic (exact) mass is 275 g/mol. The molecule has 2 rings (SSSR count). The number of nitrogens with zero attached hydrogens (tertiary/aromatic N) is 1. The molecule has 0 atom stereocenters. The number of ketones is 1. The van der Waals surface area contributed by atoms with Gasteiger partial charge in [-0.1, -0.05) is 37.6 Å². The summed E-state index contributed by atoms with van der Waals surface area (Å²) in [6.45, 7) is 3.67. The molecule has 0 spiro atoms. The maximum absolute atomic E-state index is 12.3. The molecule has 0 N–H and O–H groups in total. The van der Waals surface area contributed by atoms with Crippen molar-refractivity contribution >= 4 is 34.0 Å². The van der Waals surface area contributed by atoms with Gasteiger partial charge in [0.05, 0.1) is 12.3 Å². The van der Waals surface area contributed by atoms with E-state index in [1.165, 1.54) is 0 Å². The van der Waals surface area contributed by atoms with Crippen molar-refractivity contribution in [3.63, 3.8) is 0 Å². The summed E-state index contributed by atoms with van der Waals surface area (Å²) < 4.78 is 5.29. The molecule has 0 fully saturated rings. The average Bonchev–Trinajstić information content (AvgIpc) is 2.57. The zero-order valence-corrected chi connectivity index (χ0v) is 11.8. The van der Waals surface area contributed by atoms with Crippen LogP contribution in [0.25, 0.3) is 11.4 Å². The fraction of sp³-hybridized carbons (Fsp3) is 0.267. The number of hydrogen-bond donors (Lipinski definition) is 0. The van der Waals surface area contributed by atoms with E-state index >= 15 is 0 Å². The molecule has 19 heavy (non-hydrogen) atoms. The van der Waals surface area contributed by atoms with E-state index in [1.807, 2.05) is 32.0 Å². The number of aliphatic imine (C=N–C) groups is 1. The van der Waals surface area contributed by atoms with Crippen LogP contribution >= 0.6 is 11.6 Å². The smallest absolute Gasteiger partial charge is 0.184 e. The Morgan fingerprint density at radius 1 is 1.42 bits per heavy atom.